The van der Waals surface area contributed by atoms with Crippen LogP contribution < -0.4 is 10.1 Å². The average molecular weight is 434 g/mol. The molecule has 1 aromatic heterocycles. The number of aromatic nitrogens is 2. The second-order valence-corrected chi connectivity index (χ2v) is 7.73. The van der Waals surface area contributed by atoms with E-state index in [0.717, 1.165) is 60.6 Å². The van der Waals surface area contributed by atoms with Gasteiger partial charge in [-0.2, -0.15) is 5.10 Å². The van der Waals surface area contributed by atoms with E-state index in [0.29, 0.717) is 5.69 Å². The minimum atomic E-state index is -1.06. The zero-order valence-corrected chi connectivity index (χ0v) is 18.0. The monoisotopic (exact) mass is 434 g/mol. The first kappa shape index (κ1) is 21.4. The van der Waals surface area contributed by atoms with Gasteiger partial charge in [-0.05, 0) is 55.2 Å². The number of carbonyl (C=O) groups excluding carboxylic acids is 1. The summed E-state index contributed by atoms with van der Waals surface area (Å²) in [5.41, 5.74) is 3.74. The van der Waals surface area contributed by atoms with Crippen LogP contribution in [0.25, 0.3) is 16.9 Å². The Morgan fingerprint density at radius 3 is 2.34 bits per heavy atom. The molecule has 2 aromatic carbocycles. The predicted molar refractivity (Wildman–Crippen MR) is 120 cm³/mol. The molecule has 1 fully saturated rings. The molecule has 1 saturated heterocycles. The van der Waals surface area contributed by atoms with Gasteiger partial charge in [-0.1, -0.05) is 24.3 Å². The van der Waals surface area contributed by atoms with Crippen molar-refractivity contribution < 1.29 is 19.4 Å². The Morgan fingerprint density at radius 2 is 1.72 bits per heavy atom. The Kier molecular flexibility index (Phi) is 6.39. The number of benzene rings is 2. The molecule has 2 heterocycles. The minimum absolute atomic E-state index is 0.0551. The summed E-state index contributed by atoms with van der Waals surface area (Å²) in [6, 6.07) is 16.9. The second kappa shape index (κ2) is 9.55. The van der Waals surface area contributed by atoms with Crippen molar-refractivity contribution in [3.63, 3.8) is 0 Å². The molecule has 0 spiro atoms. The molecule has 0 bridgehead atoms. The van der Waals surface area contributed by atoms with E-state index >= 15 is 0 Å². The van der Waals surface area contributed by atoms with Crippen LogP contribution in [0.1, 0.15) is 35.3 Å². The van der Waals surface area contributed by atoms with Crippen LogP contribution in [0.5, 0.6) is 5.75 Å². The van der Waals surface area contributed by atoms with Gasteiger partial charge in [0.2, 0.25) is 0 Å². The zero-order chi connectivity index (χ0) is 22.5. The summed E-state index contributed by atoms with van der Waals surface area (Å²) in [7, 11) is 1.62. The molecule has 1 aliphatic heterocycles. The molecular weight excluding hydrogens is 408 g/mol. The van der Waals surface area contributed by atoms with Crippen LogP contribution in [0.3, 0.4) is 0 Å². The van der Waals surface area contributed by atoms with Crippen molar-refractivity contribution in [2.45, 2.75) is 25.8 Å². The van der Waals surface area contributed by atoms with Gasteiger partial charge in [0.25, 0.3) is 5.91 Å². The lowest BCUT2D eigenvalue weighted by Gasteiger charge is -2.25. The highest BCUT2D eigenvalue weighted by Gasteiger charge is 2.23. The summed E-state index contributed by atoms with van der Waals surface area (Å²) < 4.78 is 7.02. The van der Waals surface area contributed by atoms with Crippen molar-refractivity contribution in [3.05, 3.63) is 65.9 Å². The van der Waals surface area contributed by atoms with Gasteiger partial charge in [-0.25, -0.2) is 9.48 Å². The first-order chi connectivity index (χ1) is 15.5. The lowest BCUT2D eigenvalue weighted by molar-refractivity contribution is 0.0718. The Hall–Kier alpha value is -3.81. The third kappa shape index (κ3) is 4.74. The fraction of sp³-hybridized carbons (Fsp3) is 0.292. The van der Waals surface area contributed by atoms with Crippen molar-refractivity contribution >= 4 is 12.0 Å². The van der Waals surface area contributed by atoms with Crippen molar-refractivity contribution in [1.29, 1.82) is 0 Å². The van der Waals surface area contributed by atoms with E-state index in [2.05, 4.69) is 10.4 Å². The van der Waals surface area contributed by atoms with E-state index in [4.69, 9.17) is 9.84 Å². The standard InChI is InChI=1S/C24H26N4O4/c1-32-20-11-9-19(10-12-20)28-22(18-7-5-17(6-8-18)16-25-24(30)31)15-21(26-28)23(29)27-13-3-2-4-14-27/h5-12,15,25H,2-4,13-14,16H2,1H3,(H,30,31). The molecule has 8 nitrogen and oxygen atoms in total. The quantitative estimate of drug-likeness (QED) is 0.613. The largest absolute Gasteiger partial charge is 0.497 e. The number of piperidine rings is 1. The Balaban J connectivity index is 1.69. The van der Waals surface area contributed by atoms with Crippen LogP contribution >= 0.6 is 0 Å². The third-order valence-corrected chi connectivity index (χ3v) is 5.58. The number of nitrogens with zero attached hydrogens (tertiary/aromatic N) is 3. The highest BCUT2D eigenvalue weighted by atomic mass is 16.5. The van der Waals surface area contributed by atoms with Crippen molar-refractivity contribution in [3.8, 4) is 22.7 Å². The summed E-state index contributed by atoms with van der Waals surface area (Å²) in [5, 5.41) is 15.8. The fourth-order valence-corrected chi connectivity index (χ4v) is 3.84. The minimum Gasteiger partial charge on any atom is -0.497 e. The zero-order valence-electron chi connectivity index (χ0n) is 18.0. The summed E-state index contributed by atoms with van der Waals surface area (Å²) in [6.45, 7) is 1.75. The Labute approximate surface area is 186 Å². The fourth-order valence-electron chi connectivity index (χ4n) is 3.84. The molecule has 2 amide bonds. The number of methoxy groups -OCH3 is 1. The van der Waals surface area contributed by atoms with E-state index in [9.17, 15) is 9.59 Å². The number of nitrogens with one attached hydrogen (secondary N) is 1. The van der Waals surface area contributed by atoms with Crippen LogP contribution in [0.2, 0.25) is 0 Å². The molecule has 166 valence electrons. The van der Waals surface area contributed by atoms with Crippen LogP contribution in [0, 0.1) is 0 Å². The number of rotatable bonds is 6. The summed E-state index contributed by atoms with van der Waals surface area (Å²) in [4.78, 5) is 25.7. The van der Waals surface area contributed by atoms with Crippen LogP contribution in [-0.2, 0) is 6.54 Å². The number of carbonyl (C=O) groups is 2. The molecule has 0 saturated carbocycles. The molecule has 0 atom stereocenters. The maximum atomic E-state index is 13.1. The normalized spacial score (nSPS) is 13.6. The van der Waals surface area contributed by atoms with Gasteiger partial charge in [0.1, 0.15) is 5.75 Å². The Bertz CT molecular complexity index is 1080. The van der Waals surface area contributed by atoms with Crippen molar-refractivity contribution in [2.24, 2.45) is 0 Å². The molecule has 0 radical (unpaired) electrons. The lowest BCUT2D eigenvalue weighted by atomic mass is 10.1. The average Bonchev–Trinajstić information content (AvgIpc) is 3.28. The van der Waals surface area contributed by atoms with Crippen molar-refractivity contribution in [2.75, 3.05) is 20.2 Å². The number of hydrogen-bond donors (Lipinski definition) is 2. The highest BCUT2D eigenvalue weighted by Crippen LogP contribution is 2.27. The second-order valence-electron chi connectivity index (χ2n) is 7.73. The SMILES string of the molecule is COc1ccc(-n2nc(C(=O)N3CCCCC3)cc2-c2ccc(CNC(=O)O)cc2)cc1. The highest BCUT2D eigenvalue weighted by molar-refractivity contribution is 5.93. The maximum absolute atomic E-state index is 13.1. The number of carboxylic acid groups (broad SMARTS) is 1. The smallest absolute Gasteiger partial charge is 0.404 e. The van der Waals surface area contributed by atoms with Gasteiger partial charge in [0.15, 0.2) is 5.69 Å². The van der Waals surface area contributed by atoms with E-state index in [-0.39, 0.29) is 12.5 Å². The van der Waals surface area contributed by atoms with E-state index in [1.165, 1.54) is 0 Å². The first-order valence-corrected chi connectivity index (χ1v) is 10.6. The molecule has 0 aliphatic carbocycles. The predicted octanol–water partition coefficient (Wildman–Crippen LogP) is 3.94. The van der Waals surface area contributed by atoms with E-state index in [1.54, 1.807) is 11.8 Å². The molecule has 8 heteroatoms. The Morgan fingerprint density at radius 1 is 1.03 bits per heavy atom. The van der Waals surface area contributed by atoms with Gasteiger partial charge in [0, 0.05) is 25.2 Å². The maximum Gasteiger partial charge on any atom is 0.404 e. The van der Waals surface area contributed by atoms with E-state index < -0.39 is 6.09 Å². The van der Waals surface area contributed by atoms with Gasteiger partial charge in [-0.15, -0.1) is 0 Å². The van der Waals surface area contributed by atoms with Crippen LogP contribution in [0.15, 0.2) is 54.6 Å². The number of hydrogen-bond acceptors (Lipinski definition) is 4. The topological polar surface area (TPSA) is 96.7 Å². The first-order valence-electron chi connectivity index (χ1n) is 10.6. The molecule has 0 unspecified atom stereocenters. The summed E-state index contributed by atoms with van der Waals surface area (Å²) in [6.07, 6.45) is 2.12. The molecular formula is C24H26N4O4. The number of amides is 2. The van der Waals surface area contributed by atoms with Crippen molar-refractivity contribution in [1.82, 2.24) is 20.0 Å². The molecule has 4 rings (SSSR count). The summed E-state index contributed by atoms with van der Waals surface area (Å²) in [5.74, 6) is 0.683. The van der Waals surface area contributed by atoms with Gasteiger partial charge >= 0.3 is 6.09 Å². The third-order valence-electron chi connectivity index (χ3n) is 5.58. The van der Waals surface area contributed by atoms with Gasteiger partial charge in [0.05, 0.1) is 18.5 Å². The number of likely N-dealkylation sites (tertiary alicyclic amines) is 1. The molecule has 3 aromatic rings. The van der Waals surface area contributed by atoms with Crippen LogP contribution in [0.4, 0.5) is 4.79 Å². The van der Waals surface area contributed by atoms with Crippen LogP contribution in [-0.4, -0.2) is 52.0 Å². The lowest BCUT2D eigenvalue weighted by Crippen LogP contribution is -2.35. The number of ether oxygens (including phenoxy) is 1. The molecule has 32 heavy (non-hydrogen) atoms. The van der Waals surface area contributed by atoms with Gasteiger partial charge in [-0.3, -0.25) is 4.79 Å². The summed E-state index contributed by atoms with van der Waals surface area (Å²) >= 11 is 0. The van der Waals surface area contributed by atoms with E-state index in [1.807, 2.05) is 59.5 Å². The molecule has 1 aliphatic rings. The van der Waals surface area contributed by atoms with Gasteiger partial charge < -0.3 is 20.1 Å². The molecule has 2 N–H and O–H groups in total.